The molecule has 0 saturated carbocycles. The topological polar surface area (TPSA) is 75.4 Å². The number of benzene rings is 1. The van der Waals surface area contributed by atoms with E-state index in [1.807, 2.05) is 0 Å². The number of rotatable bonds is 2. The van der Waals surface area contributed by atoms with Crippen LogP contribution >= 0.6 is 0 Å². The molecule has 2 aromatic rings. The van der Waals surface area contributed by atoms with E-state index in [1.54, 1.807) is 12.3 Å². The molecular formula is C18H21N5O2. The van der Waals surface area contributed by atoms with E-state index in [-0.39, 0.29) is 11.2 Å². The second-order valence-electron chi connectivity index (χ2n) is 6.79. The van der Waals surface area contributed by atoms with Gasteiger partial charge in [0.2, 0.25) is 5.82 Å². The lowest BCUT2D eigenvalue weighted by atomic mass is 10.0. The zero-order valence-corrected chi connectivity index (χ0v) is 14.7. The summed E-state index contributed by atoms with van der Waals surface area (Å²) in [6, 6.07) is 4.55. The third-order valence-corrected chi connectivity index (χ3v) is 4.55. The second kappa shape index (κ2) is 6.75. The Morgan fingerprint density at radius 3 is 2.64 bits per heavy atom. The third-order valence-electron chi connectivity index (χ3n) is 4.55. The molecule has 0 aliphatic carbocycles. The van der Waals surface area contributed by atoms with Crippen molar-refractivity contribution in [3.63, 3.8) is 0 Å². The van der Waals surface area contributed by atoms with Crippen molar-refractivity contribution in [3.8, 4) is 11.8 Å². The van der Waals surface area contributed by atoms with E-state index in [1.165, 1.54) is 12.1 Å². The summed E-state index contributed by atoms with van der Waals surface area (Å²) in [5, 5.41) is 11.5. The number of nitrogens with zero attached hydrogens (tertiary/aromatic N) is 5. The molecule has 1 saturated heterocycles. The van der Waals surface area contributed by atoms with Crippen LogP contribution in [0.3, 0.4) is 0 Å². The first kappa shape index (κ1) is 17.3. The van der Waals surface area contributed by atoms with Crippen molar-refractivity contribution in [2.45, 2.75) is 19.4 Å². The molecule has 7 nitrogen and oxygen atoms in total. The number of piperazine rings is 1. The van der Waals surface area contributed by atoms with Gasteiger partial charge in [0.25, 0.3) is 5.69 Å². The summed E-state index contributed by atoms with van der Waals surface area (Å²) >= 11 is 0. The maximum absolute atomic E-state index is 10.8. The minimum absolute atomic E-state index is 0.0335. The number of aromatic nitrogens is 2. The number of nitro groups is 1. The van der Waals surface area contributed by atoms with Crippen molar-refractivity contribution in [2.24, 2.45) is 0 Å². The van der Waals surface area contributed by atoms with Crippen LogP contribution in [0.2, 0.25) is 0 Å². The highest BCUT2D eigenvalue weighted by Crippen LogP contribution is 2.19. The molecule has 0 bridgehead atoms. The van der Waals surface area contributed by atoms with E-state index in [0.29, 0.717) is 16.7 Å². The van der Waals surface area contributed by atoms with Crippen molar-refractivity contribution >= 4 is 16.6 Å². The Hall–Kier alpha value is -2.56. The molecule has 0 amide bonds. The average Bonchev–Trinajstić information content (AvgIpc) is 2.59. The Morgan fingerprint density at radius 1 is 1.24 bits per heavy atom. The molecule has 1 aliphatic rings. The van der Waals surface area contributed by atoms with Gasteiger partial charge in [-0.3, -0.25) is 15.0 Å². The van der Waals surface area contributed by atoms with E-state index in [0.717, 1.165) is 26.2 Å². The van der Waals surface area contributed by atoms with Crippen LogP contribution in [0.25, 0.3) is 10.9 Å². The van der Waals surface area contributed by atoms with Crippen LogP contribution < -0.4 is 0 Å². The van der Waals surface area contributed by atoms with Gasteiger partial charge in [-0.2, -0.15) is 0 Å². The van der Waals surface area contributed by atoms with Gasteiger partial charge in [-0.05, 0) is 32.9 Å². The Balaban J connectivity index is 1.82. The van der Waals surface area contributed by atoms with Gasteiger partial charge in [-0.15, -0.1) is 0 Å². The van der Waals surface area contributed by atoms with Crippen LogP contribution in [0.4, 0.5) is 5.69 Å². The van der Waals surface area contributed by atoms with Gasteiger partial charge in [0.05, 0.1) is 16.0 Å². The van der Waals surface area contributed by atoms with E-state index >= 15 is 0 Å². The number of non-ortho nitro benzene ring substituents is 1. The fraction of sp³-hybridized carbons (Fsp3) is 0.444. The van der Waals surface area contributed by atoms with Crippen LogP contribution in [0.5, 0.6) is 0 Å². The van der Waals surface area contributed by atoms with Crippen LogP contribution in [-0.4, -0.2) is 63.5 Å². The number of likely N-dealkylation sites (N-methyl/N-ethyl adjacent to an activating group) is 1. The summed E-state index contributed by atoms with van der Waals surface area (Å²) < 4.78 is 0. The number of hydrogen-bond acceptors (Lipinski definition) is 6. The quantitative estimate of drug-likeness (QED) is 0.473. The fourth-order valence-electron chi connectivity index (χ4n) is 2.85. The van der Waals surface area contributed by atoms with Gasteiger partial charge in [-0.25, -0.2) is 9.97 Å². The molecular weight excluding hydrogens is 318 g/mol. The van der Waals surface area contributed by atoms with Crippen molar-refractivity contribution in [3.05, 3.63) is 40.3 Å². The predicted octanol–water partition coefficient (Wildman–Crippen LogP) is 1.92. The molecule has 0 N–H and O–H groups in total. The monoisotopic (exact) mass is 339 g/mol. The second-order valence-corrected chi connectivity index (χ2v) is 6.79. The number of hydrogen-bond donors (Lipinski definition) is 0. The Kier molecular flexibility index (Phi) is 4.66. The molecule has 2 heterocycles. The van der Waals surface area contributed by atoms with E-state index in [4.69, 9.17) is 0 Å². The first-order valence-corrected chi connectivity index (χ1v) is 8.23. The summed E-state index contributed by atoms with van der Waals surface area (Å²) in [7, 11) is 2.13. The minimum atomic E-state index is -0.425. The summed E-state index contributed by atoms with van der Waals surface area (Å²) in [6.45, 7) is 8.26. The smallest absolute Gasteiger partial charge is 0.270 e. The summed E-state index contributed by atoms with van der Waals surface area (Å²) in [6.07, 6.45) is 1.59. The van der Waals surface area contributed by atoms with Gasteiger partial charge >= 0.3 is 0 Å². The standard InChI is InChI=1S/C18H21N5O2/c1-18(2,22-10-8-21(3)9-11-22)7-6-17-19-13-14-12-15(23(24)25)4-5-16(14)20-17/h4-5,12-13H,8-11H2,1-3H3. The summed E-state index contributed by atoms with van der Waals surface area (Å²) in [5.41, 5.74) is 0.433. The fourth-order valence-corrected chi connectivity index (χ4v) is 2.85. The molecule has 1 fully saturated rings. The zero-order chi connectivity index (χ0) is 18.0. The predicted molar refractivity (Wildman–Crippen MR) is 96.2 cm³/mol. The van der Waals surface area contributed by atoms with Gasteiger partial charge in [0.15, 0.2) is 0 Å². The molecule has 25 heavy (non-hydrogen) atoms. The van der Waals surface area contributed by atoms with Crippen molar-refractivity contribution in [1.29, 1.82) is 0 Å². The lowest BCUT2D eigenvalue weighted by molar-refractivity contribution is -0.384. The van der Waals surface area contributed by atoms with E-state index in [9.17, 15) is 10.1 Å². The molecule has 1 aromatic heterocycles. The Morgan fingerprint density at radius 2 is 1.96 bits per heavy atom. The first-order chi connectivity index (χ1) is 11.8. The molecule has 1 aliphatic heterocycles. The van der Waals surface area contributed by atoms with E-state index < -0.39 is 4.92 Å². The third kappa shape index (κ3) is 3.92. The average molecular weight is 339 g/mol. The summed E-state index contributed by atoms with van der Waals surface area (Å²) in [5.74, 6) is 6.77. The highest BCUT2D eigenvalue weighted by Gasteiger charge is 2.27. The van der Waals surface area contributed by atoms with Crippen molar-refractivity contribution < 1.29 is 4.92 Å². The van der Waals surface area contributed by atoms with Gasteiger partial charge in [0, 0.05) is 49.9 Å². The first-order valence-electron chi connectivity index (χ1n) is 8.23. The largest absolute Gasteiger partial charge is 0.304 e. The summed E-state index contributed by atoms with van der Waals surface area (Å²) in [4.78, 5) is 23.7. The maximum atomic E-state index is 10.8. The molecule has 0 radical (unpaired) electrons. The molecule has 1 aromatic carbocycles. The molecule has 0 unspecified atom stereocenters. The highest BCUT2D eigenvalue weighted by atomic mass is 16.6. The van der Waals surface area contributed by atoms with Crippen LogP contribution in [0, 0.1) is 22.0 Å². The van der Waals surface area contributed by atoms with Gasteiger partial charge < -0.3 is 4.90 Å². The van der Waals surface area contributed by atoms with Gasteiger partial charge in [-0.1, -0.05) is 5.92 Å². The number of nitro benzene ring substituents is 1. The lowest BCUT2D eigenvalue weighted by Gasteiger charge is -2.40. The van der Waals surface area contributed by atoms with Crippen LogP contribution in [-0.2, 0) is 0 Å². The van der Waals surface area contributed by atoms with E-state index in [2.05, 4.69) is 52.5 Å². The zero-order valence-electron chi connectivity index (χ0n) is 14.7. The molecule has 3 rings (SSSR count). The lowest BCUT2D eigenvalue weighted by Crippen LogP contribution is -2.53. The van der Waals surface area contributed by atoms with Gasteiger partial charge in [0.1, 0.15) is 0 Å². The Labute approximate surface area is 146 Å². The normalized spacial score (nSPS) is 16.4. The van der Waals surface area contributed by atoms with Crippen LogP contribution in [0.15, 0.2) is 24.4 Å². The highest BCUT2D eigenvalue weighted by molar-refractivity contribution is 5.80. The SMILES string of the molecule is CN1CCN(C(C)(C)C#Cc2ncc3cc([N+](=O)[O-])ccc3n2)CC1. The van der Waals surface area contributed by atoms with Crippen molar-refractivity contribution in [2.75, 3.05) is 33.2 Å². The molecule has 130 valence electrons. The molecule has 7 heteroatoms. The van der Waals surface area contributed by atoms with Crippen molar-refractivity contribution in [1.82, 2.24) is 19.8 Å². The maximum Gasteiger partial charge on any atom is 0.270 e. The molecule has 0 spiro atoms. The molecule has 0 atom stereocenters. The minimum Gasteiger partial charge on any atom is -0.304 e. The number of fused-ring (bicyclic) bond motifs is 1. The van der Waals surface area contributed by atoms with Crippen LogP contribution in [0.1, 0.15) is 19.7 Å². The Bertz CT molecular complexity index is 861.